The normalized spacial score (nSPS) is 19.4. The predicted molar refractivity (Wildman–Crippen MR) is 87.8 cm³/mol. The van der Waals surface area contributed by atoms with E-state index >= 15 is 0 Å². The van der Waals surface area contributed by atoms with Crippen molar-refractivity contribution in [3.05, 3.63) is 47.5 Å². The highest BCUT2D eigenvalue weighted by molar-refractivity contribution is 5.26. The van der Waals surface area contributed by atoms with Crippen LogP contribution in [0.2, 0.25) is 0 Å². The third-order valence-corrected chi connectivity index (χ3v) is 4.58. The van der Waals surface area contributed by atoms with E-state index in [0.29, 0.717) is 11.8 Å². The van der Waals surface area contributed by atoms with Gasteiger partial charge in [-0.25, -0.2) is 4.98 Å². The number of nitrogens with zero attached hydrogens (tertiary/aromatic N) is 2. The SMILES string of the molecule is Cc1ncc(CN2CCCCC2CCc2ccc(O)cc2)[nH]1. The zero-order valence-electron chi connectivity index (χ0n) is 13.3. The van der Waals surface area contributed by atoms with Gasteiger partial charge in [-0.15, -0.1) is 0 Å². The van der Waals surface area contributed by atoms with Gasteiger partial charge in [0.05, 0.1) is 0 Å². The summed E-state index contributed by atoms with van der Waals surface area (Å²) in [6.07, 6.45) is 8.12. The van der Waals surface area contributed by atoms with E-state index in [1.165, 1.54) is 43.5 Å². The van der Waals surface area contributed by atoms with Crippen molar-refractivity contribution in [3.8, 4) is 5.75 Å². The lowest BCUT2D eigenvalue weighted by atomic mass is 9.95. The molecule has 0 spiro atoms. The molecule has 2 aromatic rings. The van der Waals surface area contributed by atoms with Crippen LogP contribution in [0.15, 0.2) is 30.5 Å². The summed E-state index contributed by atoms with van der Waals surface area (Å²) in [6.45, 7) is 4.15. The molecule has 2 heterocycles. The zero-order valence-corrected chi connectivity index (χ0v) is 13.3. The molecule has 4 nitrogen and oxygen atoms in total. The first-order valence-corrected chi connectivity index (χ1v) is 8.23. The molecule has 2 N–H and O–H groups in total. The van der Waals surface area contributed by atoms with Crippen molar-refractivity contribution >= 4 is 0 Å². The molecule has 1 saturated heterocycles. The van der Waals surface area contributed by atoms with Gasteiger partial charge in [-0.3, -0.25) is 4.90 Å². The van der Waals surface area contributed by atoms with E-state index in [1.807, 2.05) is 25.3 Å². The number of phenolic OH excluding ortho intramolecular Hbond substituents is 1. The van der Waals surface area contributed by atoms with Crippen molar-refractivity contribution in [1.82, 2.24) is 14.9 Å². The molecule has 0 aliphatic carbocycles. The first kappa shape index (κ1) is 15.1. The number of aromatic hydroxyl groups is 1. The van der Waals surface area contributed by atoms with Crippen molar-refractivity contribution in [1.29, 1.82) is 0 Å². The Kier molecular flexibility index (Phi) is 4.78. The lowest BCUT2D eigenvalue weighted by molar-refractivity contribution is 0.131. The number of H-pyrrole nitrogens is 1. The summed E-state index contributed by atoms with van der Waals surface area (Å²) in [7, 11) is 0. The number of rotatable bonds is 5. The molecule has 1 aromatic heterocycles. The van der Waals surface area contributed by atoms with Gasteiger partial charge in [0.25, 0.3) is 0 Å². The highest BCUT2D eigenvalue weighted by atomic mass is 16.3. The fourth-order valence-electron chi connectivity index (χ4n) is 3.36. The topological polar surface area (TPSA) is 52.1 Å². The fourth-order valence-corrected chi connectivity index (χ4v) is 3.36. The van der Waals surface area contributed by atoms with E-state index < -0.39 is 0 Å². The van der Waals surface area contributed by atoms with Crippen LogP contribution in [0.25, 0.3) is 0 Å². The maximum absolute atomic E-state index is 9.36. The Labute approximate surface area is 132 Å². The fraction of sp³-hybridized carbons (Fsp3) is 0.500. The van der Waals surface area contributed by atoms with Gasteiger partial charge >= 0.3 is 0 Å². The number of imidazole rings is 1. The highest BCUT2D eigenvalue weighted by Gasteiger charge is 2.22. The molecule has 4 heteroatoms. The van der Waals surface area contributed by atoms with Crippen LogP contribution < -0.4 is 0 Å². The summed E-state index contributed by atoms with van der Waals surface area (Å²) in [5.74, 6) is 1.34. The summed E-state index contributed by atoms with van der Waals surface area (Å²) in [5.41, 5.74) is 2.52. The van der Waals surface area contributed by atoms with Gasteiger partial charge in [0.1, 0.15) is 11.6 Å². The van der Waals surface area contributed by atoms with Gasteiger partial charge in [0, 0.05) is 24.5 Å². The molecule has 3 rings (SSSR count). The van der Waals surface area contributed by atoms with Gasteiger partial charge in [0.2, 0.25) is 0 Å². The second-order valence-corrected chi connectivity index (χ2v) is 6.32. The van der Waals surface area contributed by atoms with Gasteiger partial charge in [-0.2, -0.15) is 0 Å². The Balaban J connectivity index is 1.58. The number of nitrogens with one attached hydrogen (secondary N) is 1. The van der Waals surface area contributed by atoms with Gasteiger partial charge in [-0.05, 0) is 56.8 Å². The molecule has 22 heavy (non-hydrogen) atoms. The van der Waals surface area contributed by atoms with Crippen LogP contribution in [0.1, 0.15) is 42.8 Å². The standard InChI is InChI=1S/C18H25N3O/c1-14-19-12-16(20-14)13-21-11-3-2-4-17(21)8-5-15-6-9-18(22)10-7-15/h6-7,9-10,12,17,22H,2-5,8,11,13H2,1H3,(H,19,20). The van der Waals surface area contributed by atoms with E-state index in [2.05, 4.69) is 14.9 Å². The second-order valence-electron chi connectivity index (χ2n) is 6.32. The third-order valence-electron chi connectivity index (χ3n) is 4.58. The van der Waals surface area contributed by atoms with Crippen molar-refractivity contribution < 1.29 is 5.11 Å². The summed E-state index contributed by atoms with van der Waals surface area (Å²) in [4.78, 5) is 10.2. The van der Waals surface area contributed by atoms with E-state index in [0.717, 1.165) is 18.8 Å². The number of hydrogen-bond acceptors (Lipinski definition) is 3. The van der Waals surface area contributed by atoms with E-state index in [1.54, 1.807) is 12.1 Å². The lowest BCUT2D eigenvalue weighted by Gasteiger charge is -2.35. The number of benzene rings is 1. The quantitative estimate of drug-likeness (QED) is 0.889. The minimum atomic E-state index is 0.345. The van der Waals surface area contributed by atoms with Crippen LogP contribution in [0.5, 0.6) is 5.75 Å². The van der Waals surface area contributed by atoms with Crippen LogP contribution in [-0.2, 0) is 13.0 Å². The third kappa shape index (κ3) is 3.89. The number of aromatic amines is 1. The minimum absolute atomic E-state index is 0.345. The Morgan fingerprint density at radius 1 is 1.27 bits per heavy atom. The monoisotopic (exact) mass is 299 g/mol. The Hall–Kier alpha value is -1.81. The van der Waals surface area contributed by atoms with Crippen molar-refractivity contribution in [2.75, 3.05) is 6.54 Å². The zero-order chi connectivity index (χ0) is 15.4. The average molecular weight is 299 g/mol. The molecule has 1 aliphatic rings. The number of piperidine rings is 1. The summed E-state index contributed by atoms with van der Waals surface area (Å²) in [5, 5.41) is 9.36. The molecular formula is C18H25N3O. The second kappa shape index (κ2) is 6.97. The van der Waals surface area contributed by atoms with Crippen molar-refractivity contribution in [3.63, 3.8) is 0 Å². The molecule has 1 aromatic carbocycles. The molecule has 0 saturated carbocycles. The molecule has 1 atom stereocenters. The van der Waals surface area contributed by atoms with Crippen LogP contribution in [0.4, 0.5) is 0 Å². The summed E-state index contributed by atoms with van der Waals surface area (Å²) in [6, 6.07) is 8.26. The maximum atomic E-state index is 9.36. The number of hydrogen-bond donors (Lipinski definition) is 2. The molecule has 0 radical (unpaired) electrons. The van der Waals surface area contributed by atoms with E-state index in [4.69, 9.17) is 0 Å². The number of likely N-dealkylation sites (tertiary alicyclic amines) is 1. The number of aryl methyl sites for hydroxylation is 2. The average Bonchev–Trinajstić information content (AvgIpc) is 2.93. The maximum Gasteiger partial charge on any atom is 0.115 e. The molecular weight excluding hydrogens is 274 g/mol. The van der Waals surface area contributed by atoms with Crippen LogP contribution >= 0.6 is 0 Å². The van der Waals surface area contributed by atoms with Crippen molar-refractivity contribution in [2.24, 2.45) is 0 Å². The number of phenols is 1. The molecule has 1 unspecified atom stereocenters. The predicted octanol–water partition coefficient (Wildman–Crippen LogP) is 3.41. The Morgan fingerprint density at radius 2 is 2.09 bits per heavy atom. The largest absolute Gasteiger partial charge is 0.508 e. The summed E-state index contributed by atoms with van der Waals surface area (Å²) < 4.78 is 0. The molecule has 0 bridgehead atoms. The molecule has 1 aliphatic heterocycles. The van der Waals surface area contributed by atoms with Crippen LogP contribution in [0.3, 0.4) is 0 Å². The molecule has 0 amide bonds. The van der Waals surface area contributed by atoms with Crippen LogP contribution in [-0.4, -0.2) is 32.6 Å². The lowest BCUT2D eigenvalue weighted by Crippen LogP contribution is -2.39. The van der Waals surface area contributed by atoms with Gasteiger partial charge < -0.3 is 10.1 Å². The summed E-state index contributed by atoms with van der Waals surface area (Å²) >= 11 is 0. The minimum Gasteiger partial charge on any atom is -0.508 e. The Bertz CT molecular complexity index is 591. The van der Waals surface area contributed by atoms with E-state index in [-0.39, 0.29) is 0 Å². The molecule has 1 fully saturated rings. The number of aromatic nitrogens is 2. The van der Waals surface area contributed by atoms with Crippen molar-refractivity contribution in [2.45, 2.75) is 51.6 Å². The van der Waals surface area contributed by atoms with Gasteiger partial charge in [-0.1, -0.05) is 18.6 Å². The first-order chi connectivity index (χ1) is 10.7. The molecule has 118 valence electrons. The first-order valence-electron chi connectivity index (χ1n) is 8.23. The smallest absolute Gasteiger partial charge is 0.115 e. The van der Waals surface area contributed by atoms with E-state index in [9.17, 15) is 5.11 Å². The van der Waals surface area contributed by atoms with Crippen LogP contribution in [0, 0.1) is 6.92 Å². The Morgan fingerprint density at radius 3 is 2.82 bits per heavy atom. The van der Waals surface area contributed by atoms with Gasteiger partial charge in [0.15, 0.2) is 0 Å². The highest BCUT2D eigenvalue weighted by Crippen LogP contribution is 2.23.